The van der Waals surface area contributed by atoms with Crippen LogP contribution in [0.15, 0.2) is 72.8 Å². The summed E-state index contributed by atoms with van der Waals surface area (Å²) in [6.07, 6.45) is 0.986. The van der Waals surface area contributed by atoms with Crippen molar-refractivity contribution in [3.63, 3.8) is 0 Å². The summed E-state index contributed by atoms with van der Waals surface area (Å²) in [6, 6.07) is 25.6. The van der Waals surface area contributed by atoms with Crippen LogP contribution < -0.4 is 9.47 Å². The summed E-state index contributed by atoms with van der Waals surface area (Å²) in [7, 11) is 3.46. The van der Waals surface area contributed by atoms with Crippen LogP contribution in [0.3, 0.4) is 0 Å². The third kappa shape index (κ3) is 4.05. The molecule has 1 heterocycles. The third-order valence-electron chi connectivity index (χ3n) is 5.59. The lowest BCUT2D eigenvalue weighted by molar-refractivity contribution is 0.220. The number of ether oxygens (including phenoxy) is 2. The monoisotopic (exact) mass is 373 g/mol. The molecule has 4 rings (SSSR count). The average Bonchev–Trinajstić information content (AvgIpc) is 2.75. The van der Waals surface area contributed by atoms with E-state index in [4.69, 9.17) is 9.47 Å². The Labute approximate surface area is 167 Å². The Bertz CT molecular complexity index is 920. The third-order valence-corrected chi connectivity index (χ3v) is 5.59. The number of rotatable bonds is 6. The molecule has 0 radical (unpaired) electrons. The Kier molecular flexibility index (Phi) is 5.63. The molecular formula is C25H27NO2. The van der Waals surface area contributed by atoms with Crippen LogP contribution in [0.1, 0.15) is 28.2 Å². The van der Waals surface area contributed by atoms with Crippen LogP contribution in [-0.4, -0.2) is 25.7 Å². The van der Waals surface area contributed by atoms with E-state index in [-0.39, 0.29) is 0 Å². The fourth-order valence-corrected chi connectivity index (χ4v) is 4.21. The molecule has 0 fully saturated rings. The van der Waals surface area contributed by atoms with Crippen LogP contribution >= 0.6 is 0 Å². The van der Waals surface area contributed by atoms with Gasteiger partial charge in [0.25, 0.3) is 0 Å². The second kappa shape index (κ2) is 8.49. The normalized spacial score (nSPS) is 16.4. The number of hydrogen-bond acceptors (Lipinski definition) is 3. The van der Waals surface area contributed by atoms with Gasteiger partial charge < -0.3 is 9.47 Å². The van der Waals surface area contributed by atoms with Crippen molar-refractivity contribution in [2.75, 3.05) is 20.8 Å². The van der Waals surface area contributed by atoms with Gasteiger partial charge in [-0.2, -0.15) is 0 Å². The average molecular weight is 373 g/mol. The number of nitrogens with zero attached hydrogens (tertiary/aromatic N) is 1. The van der Waals surface area contributed by atoms with Crippen molar-refractivity contribution in [3.8, 4) is 11.5 Å². The SMILES string of the molecule is COc1ccc(CN2Cc3ccccc3C(Cc3ccccc3OC)C2)cc1. The molecule has 3 aromatic rings. The molecule has 3 nitrogen and oxygen atoms in total. The maximum absolute atomic E-state index is 5.59. The molecule has 1 unspecified atom stereocenters. The standard InChI is InChI=1S/C25H27NO2/c1-27-23-13-11-19(12-14-23)16-26-17-21-8-3-5-9-24(21)22(18-26)15-20-7-4-6-10-25(20)28-2/h3-14,22H,15-18H2,1-2H3. The minimum atomic E-state index is 0.458. The van der Waals surface area contributed by atoms with E-state index in [1.807, 2.05) is 18.2 Å². The summed E-state index contributed by atoms with van der Waals surface area (Å²) in [5.41, 5.74) is 5.49. The minimum absolute atomic E-state index is 0.458. The molecule has 3 aromatic carbocycles. The van der Waals surface area contributed by atoms with Crippen molar-refractivity contribution in [1.29, 1.82) is 0 Å². The van der Waals surface area contributed by atoms with E-state index in [1.54, 1.807) is 14.2 Å². The van der Waals surface area contributed by atoms with Crippen LogP contribution in [0.4, 0.5) is 0 Å². The Balaban J connectivity index is 1.57. The predicted octanol–water partition coefficient (Wildman–Crippen LogP) is 5.05. The first-order valence-electron chi connectivity index (χ1n) is 9.82. The van der Waals surface area contributed by atoms with Crippen molar-refractivity contribution < 1.29 is 9.47 Å². The van der Waals surface area contributed by atoms with Gasteiger partial charge in [-0.25, -0.2) is 0 Å². The van der Waals surface area contributed by atoms with Gasteiger partial charge in [-0.1, -0.05) is 54.6 Å². The van der Waals surface area contributed by atoms with Crippen molar-refractivity contribution in [1.82, 2.24) is 4.90 Å². The zero-order valence-electron chi connectivity index (χ0n) is 16.6. The van der Waals surface area contributed by atoms with Gasteiger partial charge in [-0.15, -0.1) is 0 Å². The number of para-hydroxylation sites is 1. The highest BCUT2D eigenvalue weighted by atomic mass is 16.5. The topological polar surface area (TPSA) is 21.7 Å². The molecule has 0 bridgehead atoms. The first kappa shape index (κ1) is 18.6. The molecule has 1 aliphatic rings. The Hall–Kier alpha value is -2.78. The maximum Gasteiger partial charge on any atom is 0.122 e. The van der Waals surface area contributed by atoms with Crippen LogP contribution in [0.5, 0.6) is 11.5 Å². The summed E-state index contributed by atoms with van der Waals surface area (Å²) < 4.78 is 10.9. The van der Waals surface area contributed by atoms with Crippen molar-refractivity contribution in [3.05, 3.63) is 95.1 Å². The molecule has 0 N–H and O–H groups in total. The van der Waals surface area contributed by atoms with Crippen LogP contribution in [0, 0.1) is 0 Å². The molecule has 0 aliphatic carbocycles. The van der Waals surface area contributed by atoms with E-state index in [2.05, 4.69) is 59.5 Å². The minimum Gasteiger partial charge on any atom is -0.497 e. The molecule has 0 spiro atoms. The van der Waals surface area contributed by atoms with E-state index < -0.39 is 0 Å². The van der Waals surface area contributed by atoms with Gasteiger partial charge in [-0.05, 0) is 46.9 Å². The lowest BCUT2D eigenvalue weighted by atomic mass is 9.85. The molecule has 0 saturated carbocycles. The van der Waals surface area contributed by atoms with Crippen LogP contribution in [-0.2, 0) is 19.5 Å². The Morgan fingerprint density at radius 3 is 2.39 bits per heavy atom. The molecule has 144 valence electrons. The smallest absolute Gasteiger partial charge is 0.122 e. The molecule has 0 aromatic heterocycles. The molecular weight excluding hydrogens is 346 g/mol. The van der Waals surface area contributed by atoms with Crippen molar-refractivity contribution >= 4 is 0 Å². The van der Waals surface area contributed by atoms with Gasteiger partial charge in [0.15, 0.2) is 0 Å². The maximum atomic E-state index is 5.59. The summed E-state index contributed by atoms with van der Waals surface area (Å²) in [6.45, 7) is 2.98. The first-order valence-corrected chi connectivity index (χ1v) is 9.82. The summed E-state index contributed by atoms with van der Waals surface area (Å²) in [5, 5.41) is 0. The highest BCUT2D eigenvalue weighted by molar-refractivity contribution is 5.39. The lowest BCUT2D eigenvalue weighted by Crippen LogP contribution is -2.34. The van der Waals surface area contributed by atoms with E-state index in [1.165, 1.54) is 22.3 Å². The lowest BCUT2D eigenvalue weighted by Gasteiger charge is -2.35. The van der Waals surface area contributed by atoms with Gasteiger partial charge in [-0.3, -0.25) is 4.90 Å². The van der Waals surface area contributed by atoms with Crippen LogP contribution in [0.2, 0.25) is 0 Å². The summed E-state index contributed by atoms with van der Waals surface area (Å²) in [4.78, 5) is 2.55. The van der Waals surface area contributed by atoms with E-state index in [0.29, 0.717) is 5.92 Å². The summed E-state index contributed by atoms with van der Waals surface area (Å²) >= 11 is 0. The largest absolute Gasteiger partial charge is 0.497 e. The number of hydrogen-bond donors (Lipinski definition) is 0. The molecule has 0 saturated heterocycles. The molecule has 1 atom stereocenters. The Morgan fingerprint density at radius 1 is 0.857 bits per heavy atom. The van der Waals surface area contributed by atoms with E-state index >= 15 is 0 Å². The molecule has 1 aliphatic heterocycles. The highest BCUT2D eigenvalue weighted by Gasteiger charge is 2.26. The highest BCUT2D eigenvalue weighted by Crippen LogP contribution is 2.34. The zero-order chi connectivity index (χ0) is 19.3. The van der Waals surface area contributed by atoms with Gasteiger partial charge in [0.05, 0.1) is 14.2 Å². The predicted molar refractivity (Wildman–Crippen MR) is 113 cm³/mol. The van der Waals surface area contributed by atoms with E-state index in [9.17, 15) is 0 Å². The number of fused-ring (bicyclic) bond motifs is 1. The summed E-state index contributed by atoms with van der Waals surface area (Å²) in [5.74, 6) is 2.34. The van der Waals surface area contributed by atoms with Crippen molar-refractivity contribution in [2.45, 2.75) is 25.4 Å². The van der Waals surface area contributed by atoms with Crippen molar-refractivity contribution in [2.24, 2.45) is 0 Å². The Morgan fingerprint density at radius 2 is 1.61 bits per heavy atom. The fourth-order valence-electron chi connectivity index (χ4n) is 4.21. The van der Waals surface area contributed by atoms with Gasteiger partial charge in [0.2, 0.25) is 0 Å². The molecule has 3 heteroatoms. The van der Waals surface area contributed by atoms with Crippen LogP contribution in [0.25, 0.3) is 0 Å². The van der Waals surface area contributed by atoms with E-state index in [0.717, 1.165) is 37.6 Å². The van der Waals surface area contributed by atoms with Gasteiger partial charge >= 0.3 is 0 Å². The zero-order valence-corrected chi connectivity index (χ0v) is 16.6. The van der Waals surface area contributed by atoms with Gasteiger partial charge in [0.1, 0.15) is 11.5 Å². The molecule has 0 amide bonds. The quantitative estimate of drug-likeness (QED) is 0.604. The second-order valence-electron chi connectivity index (χ2n) is 7.43. The fraction of sp³-hybridized carbons (Fsp3) is 0.280. The number of benzene rings is 3. The second-order valence-corrected chi connectivity index (χ2v) is 7.43. The number of methoxy groups -OCH3 is 2. The first-order chi connectivity index (χ1) is 13.8. The van der Waals surface area contributed by atoms with Gasteiger partial charge in [0, 0.05) is 25.6 Å². The molecule has 28 heavy (non-hydrogen) atoms.